The monoisotopic (exact) mass is 629 g/mol. The number of aliphatic carboxylic acids is 1. The number of nitriles is 1. The van der Waals surface area contributed by atoms with Gasteiger partial charge in [0.25, 0.3) is 5.91 Å². The standard InChI is InChI=1S/C31H34F3N5O4S/c1-4-20-17-23(7-8-25(20)43-16-15-36-11-13-37(14-12-36)30(9-10-30)27(41)42)39-28(44)38(26(40)29(39,2)3)22-6-5-21(19-35)24(18-22)31(32,33)34/h5-8,17-18H,4,9-16H2,1-3H3,(H,41,42). The number of amides is 1. The Morgan fingerprint density at radius 1 is 1.09 bits per heavy atom. The molecule has 234 valence electrons. The number of halogens is 3. The van der Waals surface area contributed by atoms with Crippen LogP contribution >= 0.6 is 12.2 Å². The van der Waals surface area contributed by atoms with Gasteiger partial charge < -0.3 is 14.7 Å². The van der Waals surface area contributed by atoms with Crippen LogP contribution in [0.1, 0.15) is 50.3 Å². The van der Waals surface area contributed by atoms with Crippen LogP contribution in [0.5, 0.6) is 5.75 Å². The molecule has 0 spiro atoms. The molecule has 0 atom stereocenters. The first kappa shape index (κ1) is 31.7. The van der Waals surface area contributed by atoms with Crippen LogP contribution in [-0.4, -0.2) is 82.3 Å². The van der Waals surface area contributed by atoms with Crippen molar-refractivity contribution in [3.05, 3.63) is 53.1 Å². The minimum atomic E-state index is -4.78. The molecule has 2 heterocycles. The molecule has 2 aromatic carbocycles. The van der Waals surface area contributed by atoms with Gasteiger partial charge in [-0.2, -0.15) is 18.4 Å². The number of carbonyl (C=O) groups excluding carboxylic acids is 1. The van der Waals surface area contributed by atoms with E-state index in [1.165, 1.54) is 6.07 Å². The highest BCUT2D eigenvalue weighted by Gasteiger charge is 2.55. The van der Waals surface area contributed by atoms with Crippen molar-refractivity contribution in [2.75, 3.05) is 49.1 Å². The number of anilines is 2. The van der Waals surface area contributed by atoms with Gasteiger partial charge in [0.1, 0.15) is 23.4 Å². The van der Waals surface area contributed by atoms with E-state index in [9.17, 15) is 27.9 Å². The minimum absolute atomic E-state index is 0.0311. The predicted octanol–water partition coefficient (Wildman–Crippen LogP) is 4.67. The molecule has 9 nitrogen and oxygen atoms in total. The molecule has 0 aromatic heterocycles. The van der Waals surface area contributed by atoms with E-state index in [1.54, 1.807) is 30.9 Å². The molecule has 3 fully saturated rings. The van der Waals surface area contributed by atoms with Crippen molar-refractivity contribution in [2.45, 2.75) is 57.3 Å². The fourth-order valence-corrected chi connectivity index (χ4v) is 6.57. The lowest BCUT2D eigenvalue weighted by Crippen LogP contribution is -2.54. The number of carboxylic acid groups (broad SMARTS) is 1. The molecule has 0 unspecified atom stereocenters. The van der Waals surface area contributed by atoms with Crippen LogP contribution in [0.15, 0.2) is 36.4 Å². The summed E-state index contributed by atoms with van der Waals surface area (Å²) >= 11 is 5.67. The van der Waals surface area contributed by atoms with Crippen LogP contribution in [0.4, 0.5) is 24.5 Å². The maximum atomic E-state index is 13.7. The zero-order valence-corrected chi connectivity index (χ0v) is 25.6. The molecule has 2 aromatic rings. The summed E-state index contributed by atoms with van der Waals surface area (Å²) in [6, 6.07) is 10.1. The van der Waals surface area contributed by atoms with Crippen molar-refractivity contribution in [2.24, 2.45) is 0 Å². The van der Waals surface area contributed by atoms with Crippen molar-refractivity contribution in [1.82, 2.24) is 9.80 Å². The largest absolute Gasteiger partial charge is 0.492 e. The number of hydrogen-bond acceptors (Lipinski definition) is 7. The van der Waals surface area contributed by atoms with Crippen molar-refractivity contribution in [1.29, 1.82) is 5.26 Å². The molecule has 1 N–H and O–H groups in total. The Balaban J connectivity index is 1.28. The smallest absolute Gasteiger partial charge is 0.417 e. The fourth-order valence-electron chi connectivity index (χ4n) is 6.05. The summed E-state index contributed by atoms with van der Waals surface area (Å²) in [4.78, 5) is 32.2. The number of alkyl halides is 3. The number of rotatable bonds is 9. The Labute approximate surface area is 259 Å². The number of carbonyl (C=O) groups is 2. The van der Waals surface area contributed by atoms with Gasteiger partial charge in [0.15, 0.2) is 5.11 Å². The highest BCUT2D eigenvalue weighted by Crippen LogP contribution is 2.43. The number of piperazine rings is 1. The Morgan fingerprint density at radius 3 is 2.32 bits per heavy atom. The number of ether oxygens (including phenoxy) is 1. The second kappa shape index (κ2) is 11.6. The average molecular weight is 630 g/mol. The van der Waals surface area contributed by atoms with Gasteiger partial charge >= 0.3 is 12.1 Å². The van der Waals surface area contributed by atoms with Gasteiger partial charge in [0.05, 0.1) is 22.9 Å². The van der Waals surface area contributed by atoms with Crippen LogP contribution in [0.2, 0.25) is 0 Å². The molecular weight excluding hydrogens is 595 g/mol. The van der Waals surface area contributed by atoms with Crippen LogP contribution < -0.4 is 14.5 Å². The zero-order chi connectivity index (χ0) is 32.0. The number of carboxylic acids is 1. The number of benzene rings is 2. The van der Waals surface area contributed by atoms with Crippen LogP contribution in [0.3, 0.4) is 0 Å². The molecule has 2 saturated heterocycles. The van der Waals surface area contributed by atoms with E-state index in [1.807, 2.05) is 19.1 Å². The Kier molecular flexibility index (Phi) is 8.39. The topological polar surface area (TPSA) is 100 Å². The second-order valence-corrected chi connectivity index (χ2v) is 12.2. The molecular formula is C31H34F3N5O4S. The third-order valence-electron chi connectivity index (χ3n) is 8.80. The summed E-state index contributed by atoms with van der Waals surface area (Å²) in [6.45, 7) is 9.39. The molecule has 0 bridgehead atoms. The molecule has 3 aliphatic rings. The molecule has 0 radical (unpaired) electrons. The average Bonchev–Trinajstić information content (AvgIpc) is 3.77. The molecule has 2 aliphatic heterocycles. The molecule has 1 amide bonds. The Bertz CT molecular complexity index is 1530. The number of hydrogen-bond donors (Lipinski definition) is 1. The van der Waals surface area contributed by atoms with Crippen molar-refractivity contribution >= 4 is 40.6 Å². The van der Waals surface area contributed by atoms with Crippen molar-refractivity contribution < 1.29 is 32.6 Å². The van der Waals surface area contributed by atoms with Gasteiger partial charge in [0, 0.05) is 38.4 Å². The lowest BCUT2D eigenvalue weighted by molar-refractivity contribution is -0.146. The van der Waals surface area contributed by atoms with E-state index in [2.05, 4.69) is 9.80 Å². The normalized spacial score (nSPS) is 20.1. The second-order valence-electron chi connectivity index (χ2n) is 11.8. The highest BCUT2D eigenvalue weighted by molar-refractivity contribution is 7.81. The Hall–Kier alpha value is -3.73. The van der Waals surface area contributed by atoms with Crippen LogP contribution in [0.25, 0.3) is 0 Å². The first-order chi connectivity index (χ1) is 20.7. The predicted molar refractivity (Wildman–Crippen MR) is 162 cm³/mol. The van der Waals surface area contributed by atoms with Gasteiger partial charge in [-0.1, -0.05) is 6.92 Å². The Morgan fingerprint density at radius 2 is 1.75 bits per heavy atom. The van der Waals surface area contributed by atoms with Gasteiger partial charge in [0.2, 0.25) is 0 Å². The van der Waals surface area contributed by atoms with E-state index < -0.39 is 40.3 Å². The van der Waals surface area contributed by atoms with Crippen molar-refractivity contribution in [3.8, 4) is 11.8 Å². The molecule has 5 rings (SSSR count). The quantitative estimate of drug-likeness (QED) is 0.397. The van der Waals surface area contributed by atoms with E-state index >= 15 is 0 Å². The van der Waals surface area contributed by atoms with Crippen LogP contribution in [0, 0.1) is 11.3 Å². The number of thiocarbonyl (C=S) groups is 1. The fraction of sp³-hybridized carbons (Fsp3) is 0.484. The van der Waals surface area contributed by atoms with Gasteiger partial charge in [-0.3, -0.25) is 24.3 Å². The summed E-state index contributed by atoms with van der Waals surface area (Å²) in [6.07, 6.45) is -2.73. The maximum Gasteiger partial charge on any atom is 0.417 e. The van der Waals surface area contributed by atoms with E-state index in [4.69, 9.17) is 22.2 Å². The molecule has 13 heteroatoms. The number of aryl methyl sites for hydroxylation is 1. The summed E-state index contributed by atoms with van der Waals surface area (Å²) in [5, 5.41) is 18.7. The summed E-state index contributed by atoms with van der Waals surface area (Å²) < 4.78 is 47.1. The van der Waals surface area contributed by atoms with Crippen LogP contribution in [-0.2, 0) is 22.2 Å². The van der Waals surface area contributed by atoms with E-state index in [0.717, 1.165) is 35.7 Å². The summed E-state index contributed by atoms with van der Waals surface area (Å²) in [5.74, 6) is -0.537. The lowest BCUT2D eigenvalue weighted by atomic mass is 10.0. The van der Waals surface area contributed by atoms with Crippen molar-refractivity contribution in [3.63, 3.8) is 0 Å². The zero-order valence-electron chi connectivity index (χ0n) is 24.8. The number of nitrogens with zero attached hydrogens (tertiary/aromatic N) is 5. The summed E-state index contributed by atoms with van der Waals surface area (Å²) in [7, 11) is 0. The van der Waals surface area contributed by atoms with E-state index in [0.29, 0.717) is 56.9 Å². The summed E-state index contributed by atoms with van der Waals surface area (Å²) in [5.41, 5.74) is -2.10. The van der Waals surface area contributed by atoms with Gasteiger partial charge in [-0.25, -0.2) is 0 Å². The maximum absolute atomic E-state index is 13.7. The molecule has 1 aliphatic carbocycles. The third-order valence-corrected chi connectivity index (χ3v) is 9.17. The molecule has 1 saturated carbocycles. The lowest BCUT2D eigenvalue weighted by Gasteiger charge is -2.38. The molecule has 44 heavy (non-hydrogen) atoms. The van der Waals surface area contributed by atoms with Gasteiger partial charge in [-0.05, 0) is 87.3 Å². The third kappa shape index (κ3) is 5.62. The minimum Gasteiger partial charge on any atom is -0.492 e. The first-order valence-electron chi connectivity index (χ1n) is 14.5. The highest BCUT2D eigenvalue weighted by atomic mass is 32.1. The SMILES string of the molecule is CCc1cc(N2C(=S)N(c3ccc(C#N)c(C(F)(F)F)c3)C(=O)C2(C)C)ccc1OCCN1CCN(C2(C(=O)O)CC2)CC1. The van der Waals surface area contributed by atoms with Gasteiger partial charge in [-0.15, -0.1) is 0 Å². The van der Waals surface area contributed by atoms with E-state index in [-0.39, 0.29) is 10.8 Å². The first-order valence-corrected chi connectivity index (χ1v) is 14.9.